The van der Waals surface area contributed by atoms with E-state index < -0.39 is 0 Å². The monoisotopic (exact) mass is 362 g/mol. The van der Waals surface area contributed by atoms with Gasteiger partial charge in [-0.1, -0.05) is 35.3 Å². The Hall–Kier alpha value is -0.290. The van der Waals surface area contributed by atoms with E-state index in [1.807, 2.05) is 24.3 Å². The van der Waals surface area contributed by atoms with E-state index in [0.717, 1.165) is 43.0 Å². The lowest BCUT2D eigenvalue weighted by Gasteiger charge is -2.36. The maximum absolute atomic E-state index is 5.82. The number of benzene rings is 1. The Labute approximate surface area is 136 Å². The molecule has 0 saturated carbocycles. The molecule has 1 saturated heterocycles. The molecule has 0 amide bonds. The summed E-state index contributed by atoms with van der Waals surface area (Å²) < 4.78 is 6.89. The smallest absolute Gasteiger partial charge is 0.120 e. The molecule has 1 heterocycles. The molecule has 0 aliphatic carbocycles. The Morgan fingerprint density at radius 3 is 3.05 bits per heavy atom. The molecule has 20 heavy (non-hydrogen) atoms. The van der Waals surface area contributed by atoms with Crippen LogP contribution in [0.4, 0.5) is 0 Å². The summed E-state index contributed by atoms with van der Waals surface area (Å²) in [5, 5.41) is 3.48. The second kappa shape index (κ2) is 9.61. The van der Waals surface area contributed by atoms with Crippen LogP contribution in [0.2, 0.25) is 0 Å². The van der Waals surface area contributed by atoms with E-state index in [1.54, 1.807) is 0 Å². The van der Waals surface area contributed by atoms with Crippen LogP contribution < -0.4 is 10.1 Å². The van der Waals surface area contributed by atoms with E-state index in [9.17, 15) is 0 Å². The molecule has 0 bridgehead atoms. The molecule has 1 unspecified atom stereocenters. The quantitative estimate of drug-likeness (QED) is 0.839. The van der Waals surface area contributed by atoms with Crippen LogP contribution in [0.1, 0.15) is 19.8 Å². The van der Waals surface area contributed by atoms with Crippen LogP contribution in [-0.2, 0) is 0 Å². The predicted molar refractivity (Wildman–Crippen MR) is 90.0 cm³/mol. The number of ether oxygens (including phenoxy) is 1. The second-order valence-electron chi connectivity index (χ2n) is 4.99. The van der Waals surface area contributed by atoms with Gasteiger partial charge >= 0.3 is 0 Å². The average molecular weight is 364 g/mol. The molecule has 1 fully saturated rings. The minimum absolute atomic E-state index is 0. The molecular weight excluding hydrogens is 340 g/mol. The summed E-state index contributed by atoms with van der Waals surface area (Å²) in [5.41, 5.74) is 0. The highest BCUT2D eigenvalue weighted by molar-refractivity contribution is 9.10. The van der Waals surface area contributed by atoms with Crippen LogP contribution >= 0.6 is 28.3 Å². The maximum Gasteiger partial charge on any atom is 0.120 e. The molecule has 114 valence electrons. The van der Waals surface area contributed by atoms with Crippen molar-refractivity contribution in [1.29, 1.82) is 0 Å². The summed E-state index contributed by atoms with van der Waals surface area (Å²) in [4.78, 5) is 2.55. The third-order valence-electron chi connectivity index (χ3n) is 3.54. The lowest BCUT2D eigenvalue weighted by molar-refractivity contribution is 0.127. The maximum atomic E-state index is 5.82. The van der Waals surface area contributed by atoms with Gasteiger partial charge in [0.1, 0.15) is 12.4 Å². The van der Waals surface area contributed by atoms with Crippen LogP contribution in [0, 0.1) is 0 Å². The lowest BCUT2D eigenvalue weighted by atomic mass is 10.1. The molecular formula is C15H24BrClN2O. The SMILES string of the molecule is CCCC1CNCCN1CCOc1cccc(Br)c1.Cl. The first kappa shape index (κ1) is 17.8. The van der Waals surface area contributed by atoms with Gasteiger partial charge in [0.15, 0.2) is 0 Å². The first-order chi connectivity index (χ1) is 9.29. The van der Waals surface area contributed by atoms with Crippen molar-refractivity contribution in [1.82, 2.24) is 10.2 Å². The Balaban J connectivity index is 0.00000200. The van der Waals surface area contributed by atoms with Gasteiger partial charge in [-0.05, 0) is 24.6 Å². The van der Waals surface area contributed by atoms with Gasteiger partial charge in [-0.25, -0.2) is 0 Å². The second-order valence-corrected chi connectivity index (χ2v) is 5.90. The molecule has 0 aromatic heterocycles. The summed E-state index contributed by atoms with van der Waals surface area (Å²) in [6.45, 7) is 7.37. The van der Waals surface area contributed by atoms with Crippen molar-refractivity contribution in [2.45, 2.75) is 25.8 Å². The molecule has 3 nitrogen and oxygen atoms in total. The topological polar surface area (TPSA) is 24.5 Å². The van der Waals surface area contributed by atoms with Gasteiger partial charge in [0, 0.05) is 36.7 Å². The van der Waals surface area contributed by atoms with Crippen molar-refractivity contribution in [2.75, 3.05) is 32.8 Å². The number of hydrogen-bond acceptors (Lipinski definition) is 3. The van der Waals surface area contributed by atoms with Crippen LogP contribution in [-0.4, -0.2) is 43.7 Å². The third-order valence-corrected chi connectivity index (χ3v) is 4.03. The molecule has 1 aliphatic rings. The molecule has 0 spiro atoms. The normalized spacial score (nSPS) is 19.4. The van der Waals surface area contributed by atoms with Crippen molar-refractivity contribution >= 4 is 28.3 Å². The number of nitrogens with one attached hydrogen (secondary N) is 1. The van der Waals surface area contributed by atoms with Gasteiger partial charge in [-0.2, -0.15) is 0 Å². The third kappa shape index (κ3) is 5.60. The van der Waals surface area contributed by atoms with Crippen molar-refractivity contribution in [3.8, 4) is 5.75 Å². The number of piperazine rings is 1. The zero-order valence-corrected chi connectivity index (χ0v) is 14.4. The standard InChI is InChI=1S/C15H23BrN2O.ClH/c1-2-4-14-12-17-7-8-18(14)9-10-19-15-6-3-5-13(16)11-15;/h3,5-6,11,14,17H,2,4,7-10,12H2,1H3;1H. The zero-order valence-electron chi connectivity index (χ0n) is 12.0. The molecule has 1 aliphatic heterocycles. The Morgan fingerprint density at radius 1 is 1.45 bits per heavy atom. The number of nitrogens with zero attached hydrogens (tertiary/aromatic N) is 1. The fraction of sp³-hybridized carbons (Fsp3) is 0.600. The Kier molecular flexibility index (Phi) is 8.53. The van der Waals surface area contributed by atoms with Gasteiger partial charge in [0.25, 0.3) is 0 Å². The summed E-state index contributed by atoms with van der Waals surface area (Å²) in [7, 11) is 0. The minimum atomic E-state index is 0. The van der Waals surface area contributed by atoms with E-state index in [2.05, 4.69) is 33.1 Å². The van der Waals surface area contributed by atoms with Gasteiger partial charge in [-0.15, -0.1) is 12.4 Å². The molecule has 0 radical (unpaired) electrons. The highest BCUT2D eigenvalue weighted by atomic mass is 79.9. The first-order valence-corrected chi connectivity index (χ1v) is 7.92. The van der Waals surface area contributed by atoms with Crippen LogP contribution in [0.3, 0.4) is 0 Å². The highest BCUT2D eigenvalue weighted by Gasteiger charge is 2.20. The molecule has 1 atom stereocenters. The Bertz CT molecular complexity index is 390. The molecule has 1 N–H and O–H groups in total. The summed E-state index contributed by atoms with van der Waals surface area (Å²) in [5.74, 6) is 0.941. The largest absolute Gasteiger partial charge is 0.492 e. The van der Waals surface area contributed by atoms with E-state index in [4.69, 9.17) is 4.74 Å². The summed E-state index contributed by atoms with van der Waals surface area (Å²) in [6, 6.07) is 8.71. The Morgan fingerprint density at radius 2 is 2.30 bits per heavy atom. The first-order valence-electron chi connectivity index (χ1n) is 7.12. The molecule has 5 heteroatoms. The van der Waals surface area contributed by atoms with Crippen molar-refractivity contribution in [3.63, 3.8) is 0 Å². The average Bonchev–Trinajstić information content (AvgIpc) is 2.41. The lowest BCUT2D eigenvalue weighted by Crippen LogP contribution is -2.52. The number of hydrogen-bond donors (Lipinski definition) is 1. The van der Waals surface area contributed by atoms with Crippen LogP contribution in [0.25, 0.3) is 0 Å². The summed E-state index contributed by atoms with van der Waals surface area (Å²) >= 11 is 3.46. The van der Waals surface area contributed by atoms with Crippen molar-refractivity contribution < 1.29 is 4.74 Å². The van der Waals surface area contributed by atoms with Gasteiger partial charge < -0.3 is 10.1 Å². The van der Waals surface area contributed by atoms with E-state index >= 15 is 0 Å². The van der Waals surface area contributed by atoms with Crippen molar-refractivity contribution in [2.24, 2.45) is 0 Å². The molecule has 1 aromatic rings. The van der Waals surface area contributed by atoms with E-state index in [-0.39, 0.29) is 12.4 Å². The number of rotatable bonds is 6. The van der Waals surface area contributed by atoms with Crippen molar-refractivity contribution in [3.05, 3.63) is 28.7 Å². The fourth-order valence-electron chi connectivity index (χ4n) is 2.55. The van der Waals surface area contributed by atoms with E-state index in [0.29, 0.717) is 6.04 Å². The molecule has 2 rings (SSSR count). The molecule has 1 aromatic carbocycles. The fourth-order valence-corrected chi connectivity index (χ4v) is 2.93. The number of halogens is 2. The highest BCUT2D eigenvalue weighted by Crippen LogP contribution is 2.18. The predicted octanol–water partition coefficient (Wildman–Crippen LogP) is 3.32. The van der Waals surface area contributed by atoms with Crippen LogP contribution in [0.5, 0.6) is 5.75 Å². The van der Waals surface area contributed by atoms with Gasteiger partial charge in [-0.3, -0.25) is 4.90 Å². The van der Waals surface area contributed by atoms with Gasteiger partial charge in [0.05, 0.1) is 0 Å². The van der Waals surface area contributed by atoms with Gasteiger partial charge in [0.2, 0.25) is 0 Å². The minimum Gasteiger partial charge on any atom is -0.492 e. The summed E-state index contributed by atoms with van der Waals surface area (Å²) in [6.07, 6.45) is 2.51. The zero-order chi connectivity index (χ0) is 13.5. The van der Waals surface area contributed by atoms with E-state index in [1.165, 1.54) is 12.8 Å². The van der Waals surface area contributed by atoms with Crippen LogP contribution in [0.15, 0.2) is 28.7 Å².